The molecular formula is C16H22N4O. The number of para-hydroxylation sites is 1. The number of anilines is 1. The van der Waals surface area contributed by atoms with Gasteiger partial charge in [0.05, 0.1) is 0 Å². The van der Waals surface area contributed by atoms with Gasteiger partial charge in [0.25, 0.3) is 0 Å². The first-order valence-electron chi connectivity index (χ1n) is 7.70. The Labute approximate surface area is 125 Å². The summed E-state index contributed by atoms with van der Waals surface area (Å²) in [6.07, 6.45) is 2.80. The van der Waals surface area contributed by atoms with Gasteiger partial charge in [-0.2, -0.15) is 4.98 Å². The molecule has 3 rings (SSSR count). The number of hydrogen-bond acceptors (Lipinski definition) is 5. The average molecular weight is 286 g/mol. The van der Waals surface area contributed by atoms with Gasteiger partial charge in [0.2, 0.25) is 5.89 Å². The molecule has 0 amide bonds. The normalized spacial score (nSPS) is 18.3. The van der Waals surface area contributed by atoms with E-state index in [4.69, 9.17) is 4.52 Å². The summed E-state index contributed by atoms with van der Waals surface area (Å²) in [5, 5.41) is 7.50. The monoisotopic (exact) mass is 286 g/mol. The Morgan fingerprint density at radius 3 is 2.95 bits per heavy atom. The molecule has 0 bridgehead atoms. The zero-order valence-corrected chi connectivity index (χ0v) is 12.5. The van der Waals surface area contributed by atoms with Crippen molar-refractivity contribution in [2.24, 2.45) is 0 Å². The standard InChI is InChI=1S/C16H22N4O/c1-2-15-18-16(21-19-15)8-10-17-13-9-11-20(12-13)14-6-4-3-5-7-14/h3-7,13,17H,2,8-12H2,1H3/t13-/m1/s1. The lowest BCUT2D eigenvalue weighted by atomic mass is 10.2. The van der Waals surface area contributed by atoms with Gasteiger partial charge in [-0.25, -0.2) is 0 Å². The van der Waals surface area contributed by atoms with Crippen LogP contribution in [0.5, 0.6) is 0 Å². The van der Waals surface area contributed by atoms with E-state index in [1.54, 1.807) is 0 Å². The van der Waals surface area contributed by atoms with E-state index < -0.39 is 0 Å². The molecule has 5 heteroatoms. The van der Waals surface area contributed by atoms with E-state index in [1.165, 1.54) is 12.1 Å². The van der Waals surface area contributed by atoms with Crippen molar-refractivity contribution in [2.75, 3.05) is 24.5 Å². The fourth-order valence-corrected chi connectivity index (χ4v) is 2.72. The van der Waals surface area contributed by atoms with Crippen LogP contribution in [0.3, 0.4) is 0 Å². The summed E-state index contributed by atoms with van der Waals surface area (Å²) in [5.41, 5.74) is 1.31. The van der Waals surface area contributed by atoms with Crippen LogP contribution in [0, 0.1) is 0 Å². The lowest BCUT2D eigenvalue weighted by molar-refractivity contribution is 0.368. The minimum absolute atomic E-state index is 0.541. The first-order valence-corrected chi connectivity index (χ1v) is 7.70. The maximum atomic E-state index is 5.20. The predicted octanol–water partition coefficient (Wildman–Crippen LogP) is 2.04. The second kappa shape index (κ2) is 6.72. The summed E-state index contributed by atoms with van der Waals surface area (Å²) in [6.45, 7) is 5.10. The molecule has 1 saturated heterocycles. The molecule has 1 N–H and O–H groups in total. The van der Waals surface area contributed by atoms with Gasteiger partial charge in [0, 0.05) is 44.2 Å². The molecule has 0 unspecified atom stereocenters. The summed E-state index contributed by atoms with van der Waals surface area (Å²) in [5.74, 6) is 1.53. The Morgan fingerprint density at radius 1 is 1.33 bits per heavy atom. The van der Waals surface area contributed by atoms with Gasteiger partial charge in [-0.05, 0) is 18.6 Å². The minimum atomic E-state index is 0.541. The highest BCUT2D eigenvalue weighted by Crippen LogP contribution is 2.19. The van der Waals surface area contributed by atoms with Crippen molar-refractivity contribution in [1.29, 1.82) is 0 Å². The fraction of sp³-hybridized carbons (Fsp3) is 0.500. The molecule has 1 aromatic carbocycles. The third-order valence-electron chi connectivity index (χ3n) is 3.91. The van der Waals surface area contributed by atoms with E-state index >= 15 is 0 Å². The lowest BCUT2D eigenvalue weighted by Gasteiger charge is -2.18. The molecule has 0 saturated carbocycles. The highest BCUT2D eigenvalue weighted by Gasteiger charge is 2.22. The van der Waals surface area contributed by atoms with E-state index in [1.807, 2.05) is 6.92 Å². The number of aryl methyl sites for hydroxylation is 1. The Balaban J connectivity index is 1.43. The number of benzene rings is 1. The van der Waals surface area contributed by atoms with Crippen molar-refractivity contribution in [3.05, 3.63) is 42.0 Å². The van der Waals surface area contributed by atoms with Gasteiger partial charge in [0.1, 0.15) is 0 Å². The molecule has 1 aliphatic heterocycles. The molecule has 1 aliphatic rings. The van der Waals surface area contributed by atoms with E-state index in [-0.39, 0.29) is 0 Å². The van der Waals surface area contributed by atoms with Gasteiger partial charge >= 0.3 is 0 Å². The van der Waals surface area contributed by atoms with Crippen molar-refractivity contribution in [2.45, 2.75) is 32.2 Å². The summed E-state index contributed by atoms with van der Waals surface area (Å²) in [4.78, 5) is 6.76. The van der Waals surface area contributed by atoms with Gasteiger partial charge in [-0.1, -0.05) is 30.3 Å². The average Bonchev–Trinajstić information content (AvgIpc) is 3.17. The predicted molar refractivity (Wildman–Crippen MR) is 82.4 cm³/mol. The zero-order valence-electron chi connectivity index (χ0n) is 12.5. The third-order valence-corrected chi connectivity index (χ3v) is 3.91. The maximum Gasteiger partial charge on any atom is 0.227 e. The van der Waals surface area contributed by atoms with Crippen molar-refractivity contribution >= 4 is 5.69 Å². The van der Waals surface area contributed by atoms with Crippen LogP contribution in [0.1, 0.15) is 25.1 Å². The molecule has 0 spiro atoms. The SMILES string of the molecule is CCc1noc(CCN[C@@H]2CCN(c3ccccc3)C2)n1. The van der Waals surface area contributed by atoms with Crippen LogP contribution in [0.2, 0.25) is 0 Å². The maximum absolute atomic E-state index is 5.20. The minimum Gasteiger partial charge on any atom is -0.370 e. The Bertz CT molecular complexity index is 554. The quantitative estimate of drug-likeness (QED) is 0.880. The van der Waals surface area contributed by atoms with Crippen molar-refractivity contribution in [3.8, 4) is 0 Å². The molecule has 0 aliphatic carbocycles. The smallest absolute Gasteiger partial charge is 0.227 e. The molecular weight excluding hydrogens is 264 g/mol. The van der Waals surface area contributed by atoms with E-state index in [0.29, 0.717) is 6.04 Å². The fourth-order valence-electron chi connectivity index (χ4n) is 2.72. The van der Waals surface area contributed by atoms with Crippen LogP contribution in [0.4, 0.5) is 5.69 Å². The topological polar surface area (TPSA) is 54.2 Å². The van der Waals surface area contributed by atoms with Gasteiger partial charge in [-0.3, -0.25) is 0 Å². The Morgan fingerprint density at radius 2 is 2.19 bits per heavy atom. The van der Waals surface area contributed by atoms with Crippen LogP contribution in [0.15, 0.2) is 34.9 Å². The molecule has 2 aromatic rings. The number of hydrogen-bond donors (Lipinski definition) is 1. The van der Waals surface area contributed by atoms with Crippen LogP contribution in [-0.2, 0) is 12.8 Å². The summed E-state index contributed by atoms with van der Waals surface area (Å²) >= 11 is 0. The first kappa shape index (κ1) is 14.1. The van der Waals surface area contributed by atoms with Crippen molar-refractivity contribution in [3.63, 3.8) is 0 Å². The largest absolute Gasteiger partial charge is 0.370 e. The zero-order chi connectivity index (χ0) is 14.5. The highest BCUT2D eigenvalue weighted by atomic mass is 16.5. The van der Waals surface area contributed by atoms with E-state index in [0.717, 1.165) is 44.2 Å². The molecule has 1 fully saturated rings. The molecule has 1 aromatic heterocycles. The Kier molecular flexibility index (Phi) is 4.50. The molecule has 1 atom stereocenters. The third kappa shape index (κ3) is 3.61. The second-order valence-corrected chi connectivity index (χ2v) is 5.43. The number of nitrogens with zero attached hydrogens (tertiary/aromatic N) is 3. The summed E-state index contributed by atoms with van der Waals surface area (Å²) in [7, 11) is 0. The molecule has 0 radical (unpaired) electrons. The Hall–Kier alpha value is -1.88. The van der Waals surface area contributed by atoms with Gasteiger partial charge in [-0.15, -0.1) is 0 Å². The molecule has 2 heterocycles. The number of rotatable bonds is 6. The number of aromatic nitrogens is 2. The summed E-state index contributed by atoms with van der Waals surface area (Å²) in [6, 6.07) is 11.1. The summed E-state index contributed by atoms with van der Waals surface area (Å²) < 4.78 is 5.20. The first-order chi connectivity index (χ1) is 10.3. The highest BCUT2D eigenvalue weighted by molar-refractivity contribution is 5.47. The lowest BCUT2D eigenvalue weighted by Crippen LogP contribution is -2.33. The molecule has 112 valence electrons. The van der Waals surface area contributed by atoms with Crippen molar-refractivity contribution < 1.29 is 4.52 Å². The van der Waals surface area contributed by atoms with E-state index in [9.17, 15) is 0 Å². The van der Waals surface area contributed by atoms with Crippen LogP contribution >= 0.6 is 0 Å². The van der Waals surface area contributed by atoms with Crippen LogP contribution < -0.4 is 10.2 Å². The molecule has 5 nitrogen and oxygen atoms in total. The van der Waals surface area contributed by atoms with Gasteiger partial charge < -0.3 is 14.7 Å². The molecule has 21 heavy (non-hydrogen) atoms. The second-order valence-electron chi connectivity index (χ2n) is 5.43. The van der Waals surface area contributed by atoms with Crippen LogP contribution in [-0.4, -0.2) is 35.8 Å². The number of nitrogens with one attached hydrogen (secondary N) is 1. The van der Waals surface area contributed by atoms with Gasteiger partial charge in [0.15, 0.2) is 5.82 Å². The van der Waals surface area contributed by atoms with Crippen molar-refractivity contribution in [1.82, 2.24) is 15.5 Å². The van der Waals surface area contributed by atoms with E-state index in [2.05, 4.69) is 50.7 Å². The van der Waals surface area contributed by atoms with Crippen LogP contribution in [0.25, 0.3) is 0 Å².